The van der Waals surface area contributed by atoms with Crippen molar-refractivity contribution in [3.63, 3.8) is 0 Å². The van der Waals surface area contributed by atoms with Crippen LogP contribution < -0.4 is 0 Å². The van der Waals surface area contributed by atoms with Gasteiger partial charge in [-0.25, -0.2) is 18.4 Å². The van der Waals surface area contributed by atoms with Crippen LogP contribution in [0.1, 0.15) is 18.3 Å². The number of aryl methyl sites for hydroxylation is 1. The molecule has 0 aromatic carbocycles. The molecule has 6 heteroatoms. The fourth-order valence-corrected chi connectivity index (χ4v) is 1.42. The maximum Gasteiger partial charge on any atom is 0.235 e. The number of hydrogen-bond donors (Lipinski definition) is 0. The third kappa shape index (κ3) is 3.23. The van der Waals surface area contributed by atoms with Crippen LogP contribution in [0.3, 0.4) is 0 Å². The van der Waals surface area contributed by atoms with Crippen LogP contribution in [0.15, 0.2) is 12.4 Å². The smallest absolute Gasteiger partial charge is 0.235 e. The second-order valence-corrected chi connectivity index (χ2v) is 6.21. The second kappa shape index (κ2) is 4.23. The van der Waals surface area contributed by atoms with Gasteiger partial charge >= 0.3 is 0 Å². The van der Waals surface area contributed by atoms with E-state index in [1.807, 2.05) is 6.92 Å². The minimum atomic E-state index is -3.52. The van der Waals surface area contributed by atoms with E-state index in [1.165, 1.54) is 6.92 Å². The van der Waals surface area contributed by atoms with Gasteiger partial charge in [0.1, 0.15) is 5.82 Å². The van der Waals surface area contributed by atoms with E-state index in [9.17, 15) is 8.42 Å². The summed E-state index contributed by atoms with van der Waals surface area (Å²) in [7, 11) is 1.66. The fraction of sp³-hybridized carbons (Fsp3) is 0.500. The molecular formula is C8H11ClN2O2S. The standard InChI is InChI=1S/C8H11ClN2O2S/c1-6-4-10-8(11-5-6)3-7(2)14(9,12)13/h4-5,7H,3H2,1-2H3. The molecule has 0 aliphatic heterocycles. The second-order valence-electron chi connectivity index (χ2n) is 3.17. The van der Waals surface area contributed by atoms with E-state index in [2.05, 4.69) is 9.97 Å². The van der Waals surface area contributed by atoms with Crippen LogP contribution in [-0.2, 0) is 15.5 Å². The topological polar surface area (TPSA) is 59.9 Å². The molecule has 1 heterocycles. The summed E-state index contributed by atoms with van der Waals surface area (Å²) in [5.41, 5.74) is 0.940. The van der Waals surface area contributed by atoms with Gasteiger partial charge in [0.2, 0.25) is 9.05 Å². The summed E-state index contributed by atoms with van der Waals surface area (Å²) in [5, 5.41) is -0.660. The fourth-order valence-electron chi connectivity index (χ4n) is 0.881. The van der Waals surface area contributed by atoms with Crippen molar-refractivity contribution < 1.29 is 8.42 Å². The minimum Gasteiger partial charge on any atom is -0.241 e. The van der Waals surface area contributed by atoms with Crippen LogP contribution in [0, 0.1) is 6.92 Å². The van der Waals surface area contributed by atoms with Crippen molar-refractivity contribution in [2.24, 2.45) is 0 Å². The third-order valence-corrected chi connectivity index (χ3v) is 3.83. The van der Waals surface area contributed by atoms with Gasteiger partial charge in [-0.05, 0) is 19.4 Å². The van der Waals surface area contributed by atoms with Crippen LogP contribution in [-0.4, -0.2) is 23.6 Å². The molecule has 1 aromatic heterocycles. The Labute approximate surface area is 87.8 Å². The van der Waals surface area contributed by atoms with Gasteiger partial charge in [-0.1, -0.05) is 0 Å². The van der Waals surface area contributed by atoms with Gasteiger partial charge in [-0.15, -0.1) is 0 Å². The maximum atomic E-state index is 10.9. The van der Waals surface area contributed by atoms with E-state index in [-0.39, 0.29) is 6.42 Å². The molecule has 0 aliphatic rings. The Balaban J connectivity index is 2.75. The highest BCUT2D eigenvalue weighted by atomic mass is 35.7. The van der Waals surface area contributed by atoms with Gasteiger partial charge in [-0.3, -0.25) is 0 Å². The average Bonchev–Trinajstić information content (AvgIpc) is 2.07. The molecular weight excluding hydrogens is 224 g/mol. The maximum absolute atomic E-state index is 10.9. The first-order valence-corrected chi connectivity index (χ1v) is 6.48. The molecule has 0 spiro atoms. The Morgan fingerprint density at radius 3 is 2.36 bits per heavy atom. The molecule has 0 bridgehead atoms. The molecule has 0 fully saturated rings. The van der Waals surface area contributed by atoms with Crippen LogP contribution in [0.25, 0.3) is 0 Å². The lowest BCUT2D eigenvalue weighted by Gasteiger charge is -2.05. The van der Waals surface area contributed by atoms with Crippen molar-refractivity contribution in [2.75, 3.05) is 0 Å². The van der Waals surface area contributed by atoms with E-state index in [1.54, 1.807) is 12.4 Å². The number of rotatable bonds is 3. The van der Waals surface area contributed by atoms with E-state index < -0.39 is 14.3 Å². The molecule has 14 heavy (non-hydrogen) atoms. The van der Waals surface area contributed by atoms with Gasteiger partial charge < -0.3 is 0 Å². The highest BCUT2D eigenvalue weighted by Gasteiger charge is 2.18. The lowest BCUT2D eigenvalue weighted by Crippen LogP contribution is -2.16. The van der Waals surface area contributed by atoms with Crippen LogP contribution in [0.5, 0.6) is 0 Å². The normalized spacial score (nSPS) is 13.9. The van der Waals surface area contributed by atoms with Crippen molar-refractivity contribution in [3.8, 4) is 0 Å². The quantitative estimate of drug-likeness (QED) is 0.740. The summed E-state index contributed by atoms with van der Waals surface area (Å²) in [4.78, 5) is 8.00. The lowest BCUT2D eigenvalue weighted by atomic mass is 10.3. The summed E-state index contributed by atoms with van der Waals surface area (Å²) < 4.78 is 21.8. The number of halogens is 1. The number of nitrogens with zero attached hydrogens (tertiary/aromatic N) is 2. The molecule has 1 unspecified atom stereocenters. The predicted molar refractivity (Wildman–Crippen MR) is 54.7 cm³/mol. The summed E-state index contributed by atoms with van der Waals surface area (Å²) in [5.74, 6) is 0.493. The molecule has 1 atom stereocenters. The number of hydrogen-bond acceptors (Lipinski definition) is 4. The minimum absolute atomic E-state index is 0.242. The van der Waals surface area contributed by atoms with E-state index in [0.717, 1.165) is 5.56 Å². The van der Waals surface area contributed by atoms with E-state index in [0.29, 0.717) is 5.82 Å². The molecule has 0 saturated heterocycles. The molecule has 0 saturated carbocycles. The summed E-state index contributed by atoms with van der Waals surface area (Å²) >= 11 is 0. The Bertz CT molecular complexity index is 402. The average molecular weight is 235 g/mol. The first-order valence-electron chi connectivity index (χ1n) is 4.10. The molecule has 0 radical (unpaired) electrons. The van der Waals surface area contributed by atoms with Crippen molar-refractivity contribution in [1.29, 1.82) is 0 Å². The zero-order valence-corrected chi connectivity index (χ0v) is 9.51. The van der Waals surface area contributed by atoms with Gasteiger partial charge in [0.05, 0.1) is 5.25 Å². The summed E-state index contributed by atoms with van der Waals surface area (Å²) in [6, 6.07) is 0. The predicted octanol–water partition coefficient (Wildman–Crippen LogP) is 1.28. The summed E-state index contributed by atoms with van der Waals surface area (Å²) in [6.07, 6.45) is 3.54. The third-order valence-electron chi connectivity index (χ3n) is 1.79. The Hall–Kier alpha value is -0.680. The first-order chi connectivity index (χ1) is 6.39. The molecule has 4 nitrogen and oxygen atoms in total. The Morgan fingerprint density at radius 2 is 1.93 bits per heavy atom. The number of aromatic nitrogens is 2. The molecule has 1 aromatic rings. The molecule has 0 N–H and O–H groups in total. The van der Waals surface area contributed by atoms with Gasteiger partial charge in [0.25, 0.3) is 0 Å². The molecule has 78 valence electrons. The SMILES string of the molecule is Cc1cnc(CC(C)S(=O)(=O)Cl)nc1. The molecule has 0 aliphatic carbocycles. The van der Waals surface area contributed by atoms with E-state index in [4.69, 9.17) is 10.7 Å². The summed E-state index contributed by atoms with van der Waals surface area (Å²) in [6.45, 7) is 3.40. The van der Waals surface area contributed by atoms with Crippen LogP contribution >= 0.6 is 10.7 Å². The molecule has 0 amide bonds. The van der Waals surface area contributed by atoms with Crippen molar-refractivity contribution in [1.82, 2.24) is 9.97 Å². The highest BCUT2D eigenvalue weighted by molar-refractivity contribution is 8.14. The van der Waals surface area contributed by atoms with Crippen molar-refractivity contribution in [3.05, 3.63) is 23.8 Å². The zero-order chi connectivity index (χ0) is 10.8. The van der Waals surface area contributed by atoms with Crippen LogP contribution in [0.2, 0.25) is 0 Å². The Kier molecular flexibility index (Phi) is 3.44. The van der Waals surface area contributed by atoms with Gasteiger partial charge in [-0.2, -0.15) is 0 Å². The van der Waals surface area contributed by atoms with Crippen LogP contribution in [0.4, 0.5) is 0 Å². The van der Waals surface area contributed by atoms with E-state index >= 15 is 0 Å². The van der Waals surface area contributed by atoms with Gasteiger partial charge in [0, 0.05) is 29.5 Å². The first kappa shape index (κ1) is 11.4. The van der Waals surface area contributed by atoms with Gasteiger partial charge in [0.15, 0.2) is 0 Å². The Morgan fingerprint density at radius 1 is 1.43 bits per heavy atom. The molecule has 1 rings (SSSR count). The van der Waals surface area contributed by atoms with Crippen molar-refractivity contribution in [2.45, 2.75) is 25.5 Å². The highest BCUT2D eigenvalue weighted by Crippen LogP contribution is 2.10. The zero-order valence-electron chi connectivity index (χ0n) is 7.94. The lowest BCUT2D eigenvalue weighted by molar-refractivity contribution is 0.595. The van der Waals surface area contributed by atoms with Crippen molar-refractivity contribution >= 4 is 19.7 Å². The monoisotopic (exact) mass is 234 g/mol. The largest absolute Gasteiger partial charge is 0.241 e.